The SMILES string of the molecule is CCc1onc(C)c1-c1cccc([C@@H]2CN(C(=O)c3cnccn3)CCO2)n1. The topological polar surface area (TPSA) is 94.2 Å². The van der Waals surface area contributed by atoms with E-state index in [2.05, 4.69) is 15.1 Å². The van der Waals surface area contributed by atoms with E-state index in [0.717, 1.165) is 34.8 Å². The minimum Gasteiger partial charge on any atom is -0.368 e. The molecule has 0 aliphatic carbocycles. The minimum absolute atomic E-state index is 0.152. The number of amides is 1. The molecule has 8 nitrogen and oxygen atoms in total. The number of ether oxygens (including phenoxy) is 1. The van der Waals surface area contributed by atoms with E-state index >= 15 is 0 Å². The molecule has 0 N–H and O–H groups in total. The van der Waals surface area contributed by atoms with E-state index < -0.39 is 0 Å². The summed E-state index contributed by atoms with van der Waals surface area (Å²) in [4.78, 5) is 27.3. The quantitative estimate of drug-likeness (QED) is 0.688. The molecule has 8 heteroatoms. The van der Waals surface area contributed by atoms with Gasteiger partial charge in [-0.25, -0.2) is 9.97 Å². The summed E-state index contributed by atoms with van der Waals surface area (Å²) in [5.41, 5.74) is 3.64. The van der Waals surface area contributed by atoms with Gasteiger partial charge in [-0.1, -0.05) is 18.1 Å². The van der Waals surface area contributed by atoms with Crippen molar-refractivity contribution in [2.45, 2.75) is 26.4 Å². The molecule has 1 fully saturated rings. The molecule has 28 heavy (non-hydrogen) atoms. The van der Waals surface area contributed by atoms with Gasteiger partial charge in [0.25, 0.3) is 5.91 Å². The van der Waals surface area contributed by atoms with Crippen molar-refractivity contribution in [3.63, 3.8) is 0 Å². The smallest absolute Gasteiger partial charge is 0.274 e. The maximum Gasteiger partial charge on any atom is 0.274 e. The lowest BCUT2D eigenvalue weighted by molar-refractivity contribution is -0.0248. The van der Waals surface area contributed by atoms with Crippen LogP contribution in [0.25, 0.3) is 11.3 Å². The average molecular weight is 379 g/mol. The normalized spacial score (nSPS) is 16.9. The van der Waals surface area contributed by atoms with Crippen molar-refractivity contribution >= 4 is 5.91 Å². The molecule has 1 amide bonds. The summed E-state index contributed by atoms with van der Waals surface area (Å²) in [6, 6.07) is 5.79. The van der Waals surface area contributed by atoms with E-state index in [1.54, 1.807) is 11.1 Å². The Morgan fingerprint density at radius 3 is 3.00 bits per heavy atom. The molecule has 0 aromatic carbocycles. The fourth-order valence-corrected chi connectivity index (χ4v) is 3.34. The summed E-state index contributed by atoms with van der Waals surface area (Å²) >= 11 is 0. The Hall–Kier alpha value is -3.13. The van der Waals surface area contributed by atoms with E-state index in [9.17, 15) is 4.79 Å². The first-order valence-electron chi connectivity index (χ1n) is 9.26. The first kappa shape index (κ1) is 18.2. The lowest BCUT2D eigenvalue weighted by Gasteiger charge is -2.32. The molecule has 3 aromatic heterocycles. The van der Waals surface area contributed by atoms with Crippen molar-refractivity contribution in [2.75, 3.05) is 19.7 Å². The van der Waals surface area contributed by atoms with E-state index in [1.165, 1.54) is 12.4 Å². The summed E-state index contributed by atoms with van der Waals surface area (Å²) < 4.78 is 11.3. The Morgan fingerprint density at radius 2 is 2.21 bits per heavy atom. The van der Waals surface area contributed by atoms with Gasteiger partial charge in [-0.2, -0.15) is 0 Å². The lowest BCUT2D eigenvalue weighted by Crippen LogP contribution is -2.42. The van der Waals surface area contributed by atoms with Crippen molar-refractivity contribution in [3.8, 4) is 11.3 Å². The van der Waals surface area contributed by atoms with Crippen LogP contribution < -0.4 is 0 Å². The Labute approximate surface area is 162 Å². The van der Waals surface area contributed by atoms with Gasteiger partial charge in [0.1, 0.15) is 17.6 Å². The molecule has 1 aliphatic heterocycles. The number of hydrogen-bond donors (Lipinski definition) is 0. The highest BCUT2D eigenvalue weighted by Gasteiger charge is 2.28. The van der Waals surface area contributed by atoms with Crippen LogP contribution in [0.4, 0.5) is 0 Å². The van der Waals surface area contributed by atoms with Gasteiger partial charge in [-0.15, -0.1) is 0 Å². The van der Waals surface area contributed by atoms with Gasteiger partial charge in [-0.3, -0.25) is 9.78 Å². The van der Waals surface area contributed by atoms with E-state index in [-0.39, 0.29) is 12.0 Å². The molecule has 1 aliphatic rings. The Morgan fingerprint density at radius 1 is 1.32 bits per heavy atom. The molecule has 0 radical (unpaired) electrons. The molecular weight excluding hydrogens is 358 g/mol. The number of morpholine rings is 1. The maximum atomic E-state index is 12.7. The van der Waals surface area contributed by atoms with Crippen molar-refractivity contribution in [1.29, 1.82) is 0 Å². The van der Waals surface area contributed by atoms with E-state index in [1.807, 2.05) is 32.0 Å². The van der Waals surface area contributed by atoms with Crippen molar-refractivity contribution < 1.29 is 14.1 Å². The van der Waals surface area contributed by atoms with E-state index in [4.69, 9.17) is 14.2 Å². The summed E-state index contributed by atoms with van der Waals surface area (Å²) in [6.07, 6.45) is 4.98. The van der Waals surface area contributed by atoms with Crippen LogP contribution in [0, 0.1) is 6.92 Å². The molecule has 3 aromatic rings. The number of nitrogens with zero attached hydrogens (tertiary/aromatic N) is 5. The van der Waals surface area contributed by atoms with Gasteiger partial charge < -0.3 is 14.2 Å². The molecule has 4 rings (SSSR count). The number of carbonyl (C=O) groups is 1. The molecule has 144 valence electrons. The second-order valence-electron chi connectivity index (χ2n) is 6.57. The van der Waals surface area contributed by atoms with Gasteiger partial charge in [0.2, 0.25) is 0 Å². The van der Waals surface area contributed by atoms with Crippen LogP contribution in [0.15, 0.2) is 41.3 Å². The highest BCUT2D eigenvalue weighted by atomic mass is 16.5. The largest absolute Gasteiger partial charge is 0.368 e. The monoisotopic (exact) mass is 379 g/mol. The van der Waals surface area contributed by atoms with Gasteiger partial charge >= 0.3 is 0 Å². The number of carbonyl (C=O) groups excluding carboxylic acids is 1. The lowest BCUT2D eigenvalue weighted by atomic mass is 10.1. The number of rotatable bonds is 4. The third-order valence-electron chi connectivity index (χ3n) is 4.75. The molecule has 0 unspecified atom stereocenters. The van der Waals surface area contributed by atoms with Crippen molar-refractivity contribution in [2.24, 2.45) is 0 Å². The zero-order valence-corrected chi connectivity index (χ0v) is 15.8. The first-order valence-corrected chi connectivity index (χ1v) is 9.26. The Balaban J connectivity index is 1.58. The number of aryl methyl sites for hydroxylation is 2. The van der Waals surface area contributed by atoms with Gasteiger partial charge in [0.15, 0.2) is 0 Å². The second kappa shape index (κ2) is 7.85. The van der Waals surface area contributed by atoms with Gasteiger partial charge in [-0.05, 0) is 19.1 Å². The zero-order valence-electron chi connectivity index (χ0n) is 15.8. The van der Waals surface area contributed by atoms with Crippen LogP contribution in [0.1, 0.15) is 40.7 Å². The highest BCUT2D eigenvalue weighted by Crippen LogP contribution is 2.29. The van der Waals surface area contributed by atoms with Crippen molar-refractivity contribution in [1.82, 2.24) is 25.0 Å². The Bertz CT molecular complexity index is 973. The third kappa shape index (κ3) is 3.50. The Kier molecular flexibility index (Phi) is 5.12. The fourth-order valence-electron chi connectivity index (χ4n) is 3.34. The molecule has 1 atom stereocenters. The zero-order chi connectivity index (χ0) is 19.5. The van der Waals surface area contributed by atoms with Crippen LogP contribution in [-0.4, -0.2) is 50.6 Å². The summed E-state index contributed by atoms with van der Waals surface area (Å²) in [7, 11) is 0. The van der Waals surface area contributed by atoms with Crippen molar-refractivity contribution in [3.05, 3.63) is 59.6 Å². The summed E-state index contributed by atoms with van der Waals surface area (Å²) in [5.74, 6) is 0.659. The number of pyridine rings is 1. The standard InChI is InChI=1S/C20H21N5O3/c1-3-17-19(13(2)24-28-17)15-6-4-5-14(23-15)18-12-25(9-10-27-18)20(26)16-11-21-7-8-22-16/h4-8,11,18H,3,9-10,12H2,1-2H3/t18-/m0/s1. The first-order chi connectivity index (χ1) is 13.7. The second-order valence-corrected chi connectivity index (χ2v) is 6.57. The number of aromatic nitrogens is 4. The van der Waals surface area contributed by atoms with Crippen LogP contribution >= 0.6 is 0 Å². The summed E-state index contributed by atoms with van der Waals surface area (Å²) in [5, 5.41) is 4.06. The van der Waals surface area contributed by atoms with Crippen LogP contribution in [0.3, 0.4) is 0 Å². The fraction of sp³-hybridized carbons (Fsp3) is 0.350. The third-order valence-corrected chi connectivity index (χ3v) is 4.75. The molecule has 0 saturated carbocycles. The van der Waals surface area contributed by atoms with Gasteiger partial charge in [0.05, 0.1) is 42.0 Å². The minimum atomic E-state index is -0.306. The predicted octanol–water partition coefficient (Wildman–Crippen LogP) is 2.61. The van der Waals surface area contributed by atoms with Gasteiger partial charge in [0, 0.05) is 25.4 Å². The summed E-state index contributed by atoms with van der Waals surface area (Å²) in [6.45, 7) is 5.29. The maximum absolute atomic E-state index is 12.7. The highest BCUT2D eigenvalue weighted by molar-refractivity contribution is 5.92. The predicted molar refractivity (Wildman–Crippen MR) is 100 cm³/mol. The van der Waals surface area contributed by atoms with Crippen LogP contribution in [-0.2, 0) is 11.2 Å². The molecule has 0 spiro atoms. The number of hydrogen-bond acceptors (Lipinski definition) is 7. The van der Waals surface area contributed by atoms with E-state index in [0.29, 0.717) is 25.4 Å². The van der Waals surface area contributed by atoms with Crippen LogP contribution in [0.2, 0.25) is 0 Å². The molecule has 4 heterocycles. The molecule has 0 bridgehead atoms. The van der Waals surface area contributed by atoms with Crippen LogP contribution in [0.5, 0.6) is 0 Å². The molecule has 1 saturated heterocycles. The average Bonchev–Trinajstić information content (AvgIpc) is 3.14. The molecular formula is C20H21N5O3.